The molecule has 0 bridgehead atoms. The molecule has 3 heteroatoms. The van der Waals surface area contributed by atoms with Gasteiger partial charge in [-0.25, -0.2) is 0 Å². The van der Waals surface area contributed by atoms with Crippen LogP contribution in [0.25, 0.3) is 0 Å². The molecule has 3 rings (SSSR count). The first kappa shape index (κ1) is 14.5. The zero-order valence-electron chi connectivity index (χ0n) is 12.8. The van der Waals surface area contributed by atoms with Crippen LogP contribution in [0.4, 0.5) is 0 Å². The minimum Gasteiger partial charge on any atom is -0.378 e. The molecule has 114 valence electrons. The van der Waals surface area contributed by atoms with Gasteiger partial charge in [0, 0.05) is 26.1 Å². The van der Waals surface area contributed by atoms with Crippen LogP contribution in [0.3, 0.4) is 0 Å². The van der Waals surface area contributed by atoms with Crippen molar-refractivity contribution in [2.75, 3.05) is 13.7 Å². The SMILES string of the molecule is COC1(CC(=O)C2CCOC3(CCCCC3)C2)CCC1. The van der Waals surface area contributed by atoms with Gasteiger partial charge in [0.2, 0.25) is 0 Å². The Kier molecular flexibility index (Phi) is 4.19. The number of Topliss-reactive ketones (excluding diaryl/α,β-unsaturated/α-hetero) is 1. The molecule has 1 atom stereocenters. The molecule has 1 spiro atoms. The van der Waals surface area contributed by atoms with E-state index in [4.69, 9.17) is 9.47 Å². The molecule has 0 aromatic heterocycles. The molecular weight excluding hydrogens is 252 g/mol. The van der Waals surface area contributed by atoms with Crippen LogP contribution in [0.2, 0.25) is 0 Å². The smallest absolute Gasteiger partial charge is 0.139 e. The molecule has 1 heterocycles. The van der Waals surface area contributed by atoms with Gasteiger partial charge in [-0.1, -0.05) is 19.3 Å². The van der Waals surface area contributed by atoms with E-state index in [0.29, 0.717) is 12.2 Å². The Morgan fingerprint density at radius 1 is 1.15 bits per heavy atom. The lowest BCUT2D eigenvalue weighted by Crippen LogP contribution is -2.46. The molecule has 0 N–H and O–H groups in total. The lowest BCUT2D eigenvalue weighted by molar-refractivity contribution is -0.151. The quantitative estimate of drug-likeness (QED) is 0.788. The summed E-state index contributed by atoms with van der Waals surface area (Å²) in [6, 6.07) is 0. The van der Waals surface area contributed by atoms with E-state index in [1.54, 1.807) is 7.11 Å². The third kappa shape index (κ3) is 2.80. The molecule has 1 saturated heterocycles. The number of ketones is 1. The molecule has 2 aliphatic carbocycles. The van der Waals surface area contributed by atoms with Crippen LogP contribution in [-0.2, 0) is 14.3 Å². The predicted octanol–water partition coefficient (Wildman–Crippen LogP) is 3.64. The van der Waals surface area contributed by atoms with E-state index in [0.717, 1.165) is 45.1 Å². The lowest BCUT2D eigenvalue weighted by atomic mass is 9.71. The first-order valence-corrected chi connectivity index (χ1v) is 8.39. The maximum absolute atomic E-state index is 12.7. The Hall–Kier alpha value is -0.410. The highest BCUT2D eigenvalue weighted by molar-refractivity contribution is 5.82. The fraction of sp³-hybridized carbons (Fsp3) is 0.941. The standard InChI is InChI=1S/C17H28O3/c1-19-16(9-5-10-16)13-15(18)14-6-11-20-17(12-14)7-3-2-4-8-17/h14H,2-13H2,1H3. The Morgan fingerprint density at radius 2 is 1.90 bits per heavy atom. The van der Waals surface area contributed by atoms with Crippen molar-refractivity contribution >= 4 is 5.78 Å². The highest BCUT2D eigenvalue weighted by Gasteiger charge is 2.44. The summed E-state index contributed by atoms with van der Waals surface area (Å²) >= 11 is 0. The van der Waals surface area contributed by atoms with Gasteiger partial charge in [-0.15, -0.1) is 0 Å². The van der Waals surface area contributed by atoms with Crippen LogP contribution in [0, 0.1) is 5.92 Å². The minimum atomic E-state index is -0.116. The predicted molar refractivity (Wildman–Crippen MR) is 77.7 cm³/mol. The highest BCUT2D eigenvalue weighted by atomic mass is 16.5. The highest BCUT2D eigenvalue weighted by Crippen LogP contribution is 2.43. The van der Waals surface area contributed by atoms with Crippen molar-refractivity contribution in [2.45, 2.75) is 81.8 Å². The van der Waals surface area contributed by atoms with Crippen molar-refractivity contribution in [3.63, 3.8) is 0 Å². The third-order valence-electron chi connectivity index (χ3n) is 5.91. The second-order valence-corrected chi connectivity index (χ2v) is 7.17. The Bertz CT molecular complexity index is 342. The molecule has 0 amide bonds. The molecule has 1 aliphatic heterocycles. The van der Waals surface area contributed by atoms with Gasteiger partial charge < -0.3 is 9.47 Å². The van der Waals surface area contributed by atoms with Crippen molar-refractivity contribution < 1.29 is 14.3 Å². The average molecular weight is 280 g/mol. The summed E-state index contributed by atoms with van der Waals surface area (Å²) in [6.07, 6.45) is 12.0. The van der Waals surface area contributed by atoms with Crippen molar-refractivity contribution in [2.24, 2.45) is 5.92 Å². The van der Waals surface area contributed by atoms with E-state index in [1.807, 2.05) is 0 Å². The van der Waals surface area contributed by atoms with E-state index in [9.17, 15) is 4.79 Å². The fourth-order valence-electron chi connectivity index (χ4n) is 4.33. The summed E-state index contributed by atoms with van der Waals surface area (Å²) in [6.45, 7) is 0.774. The van der Waals surface area contributed by atoms with Crippen molar-refractivity contribution in [1.82, 2.24) is 0 Å². The zero-order chi connectivity index (χ0) is 14.1. The van der Waals surface area contributed by atoms with E-state index in [-0.39, 0.29) is 17.1 Å². The molecule has 3 aliphatic rings. The minimum absolute atomic E-state index is 0.0384. The number of carbonyl (C=O) groups excluding carboxylic acids is 1. The van der Waals surface area contributed by atoms with Crippen LogP contribution in [-0.4, -0.2) is 30.7 Å². The van der Waals surface area contributed by atoms with E-state index in [1.165, 1.54) is 25.7 Å². The Balaban J connectivity index is 1.60. The Labute approximate surface area is 122 Å². The van der Waals surface area contributed by atoms with Gasteiger partial charge in [0.25, 0.3) is 0 Å². The van der Waals surface area contributed by atoms with E-state index >= 15 is 0 Å². The zero-order valence-corrected chi connectivity index (χ0v) is 12.8. The summed E-state index contributed by atoms with van der Waals surface area (Å²) in [5, 5.41) is 0. The molecule has 3 nitrogen and oxygen atoms in total. The molecule has 1 unspecified atom stereocenters. The van der Waals surface area contributed by atoms with Crippen LogP contribution in [0.1, 0.15) is 70.6 Å². The maximum atomic E-state index is 12.7. The molecule has 3 fully saturated rings. The van der Waals surface area contributed by atoms with Gasteiger partial charge in [-0.2, -0.15) is 0 Å². The van der Waals surface area contributed by atoms with Crippen LogP contribution < -0.4 is 0 Å². The summed E-state index contributed by atoms with van der Waals surface area (Å²) < 4.78 is 11.7. The van der Waals surface area contributed by atoms with Gasteiger partial charge in [-0.3, -0.25) is 4.79 Å². The molecule has 0 aromatic rings. The number of rotatable bonds is 4. The molecule has 2 saturated carbocycles. The summed E-state index contributed by atoms with van der Waals surface area (Å²) in [5.41, 5.74) is -0.0776. The van der Waals surface area contributed by atoms with Gasteiger partial charge >= 0.3 is 0 Å². The number of ether oxygens (including phenoxy) is 2. The van der Waals surface area contributed by atoms with Gasteiger partial charge in [0.05, 0.1) is 11.2 Å². The normalized spacial score (nSPS) is 31.8. The van der Waals surface area contributed by atoms with Crippen LogP contribution in [0.5, 0.6) is 0 Å². The Morgan fingerprint density at radius 3 is 2.50 bits per heavy atom. The first-order valence-electron chi connectivity index (χ1n) is 8.39. The number of methoxy groups -OCH3 is 1. The molecular formula is C17H28O3. The van der Waals surface area contributed by atoms with E-state index < -0.39 is 0 Å². The van der Waals surface area contributed by atoms with Crippen molar-refractivity contribution in [1.29, 1.82) is 0 Å². The summed E-state index contributed by atoms with van der Waals surface area (Å²) in [7, 11) is 1.76. The summed E-state index contributed by atoms with van der Waals surface area (Å²) in [5.74, 6) is 0.647. The van der Waals surface area contributed by atoms with Gasteiger partial charge in [0.1, 0.15) is 5.78 Å². The lowest BCUT2D eigenvalue weighted by Gasteiger charge is -2.45. The average Bonchev–Trinajstić information content (AvgIpc) is 2.43. The van der Waals surface area contributed by atoms with Gasteiger partial charge in [-0.05, 0) is 44.9 Å². The summed E-state index contributed by atoms with van der Waals surface area (Å²) in [4.78, 5) is 12.7. The van der Waals surface area contributed by atoms with Crippen molar-refractivity contribution in [3.8, 4) is 0 Å². The van der Waals surface area contributed by atoms with E-state index in [2.05, 4.69) is 0 Å². The molecule has 0 aromatic carbocycles. The van der Waals surface area contributed by atoms with Crippen molar-refractivity contribution in [3.05, 3.63) is 0 Å². The third-order valence-corrected chi connectivity index (χ3v) is 5.91. The number of carbonyl (C=O) groups is 1. The largest absolute Gasteiger partial charge is 0.378 e. The topological polar surface area (TPSA) is 35.5 Å². The molecule has 0 radical (unpaired) electrons. The first-order chi connectivity index (χ1) is 9.67. The monoisotopic (exact) mass is 280 g/mol. The maximum Gasteiger partial charge on any atom is 0.139 e. The fourth-order valence-corrected chi connectivity index (χ4v) is 4.33. The second kappa shape index (κ2) is 5.76. The van der Waals surface area contributed by atoms with Crippen LogP contribution >= 0.6 is 0 Å². The second-order valence-electron chi connectivity index (χ2n) is 7.17. The van der Waals surface area contributed by atoms with Crippen LogP contribution in [0.15, 0.2) is 0 Å². The number of hydrogen-bond acceptors (Lipinski definition) is 3. The van der Waals surface area contributed by atoms with Gasteiger partial charge in [0.15, 0.2) is 0 Å². The molecule has 20 heavy (non-hydrogen) atoms. The number of hydrogen-bond donors (Lipinski definition) is 0.